The quantitative estimate of drug-likeness (QED) is 0.885. The fourth-order valence-electron chi connectivity index (χ4n) is 1.84. The molecule has 0 saturated heterocycles. The molecule has 0 fully saturated rings. The summed E-state index contributed by atoms with van der Waals surface area (Å²) < 4.78 is 1.10. The van der Waals surface area contributed by atoms with Gasteiger partial charge in [0, 0.05) is 12.6 Å². The van der Waals surface area contributed by atoms with Crippen LogP contribution in [-0.4, -0.2) is 34.3 Å². The third-order valence-corrected chi connectivity index (χ3v) is 3.86. The van der Waals surface area contributed by atoms with E-state index in [1.165, 1.54) is 0 Å². The van der Waals surface area contributed by atoms with E-state index in [0.29, 0.717) is 12.6 Å². The minimum Gasteiger partial charge on any atom is -0.395 e. The number of nitrogens with zero attached hydrogens (tertiary/aromatic N) is 3. The zero-order valence-electron chi connectivity index (χ0n) is 10.1. The van der Waals surface area contributed by atoms with Gasteiger partial charge in [-0.25, -0.2) is 9.97 Å². The van der Waals surface area contributed by atoms with E-state index in [4.69, 9.17) is 0 Å². The Balaban J connectivity index is 2.44. The summed E-state index contributed by atoms with van der Waals surface area (Å²) in [5.41, 5.74) is 0.978. The first kappa shape index (κ1) is 12.3. The molecule has 0 aliphatic carbocycles. The summed E-state index contributed by atoms with van der Waals surface area (Å²) in [5, 5.41) is 11.2. The standard InChI is InChI=1S/C12H17N3OS/c1-3-9(2)15(5-6-16)12-11-10(4-7-17-11)13-8-14-12/h4,7-9,16H,3,5-6H2,1-2H3/t9-/m1/s1. The van der Waals surface area contributed by atoms with E-state index in [2.05, 4.69) is 28.7 Å². The van der Waals surface area contributed by atoms with Crippen molar-refractivity contribution in [1.29, 1.82) is 0 Å². The maximum atomic E-state index is 9.18. The van der Waals surface area contributed by atoms with Gasteiger partial charge in [-0.1, -0.05) is 6.92 Å². The lowest BCUT2D eigenvalue weighted by Crippen LogP contribution is -2.35. The van der Waals surface area contributed by atoms with E-state index in [9.17, 15) is 5.11 Å². The van der Waals surface area contributed by atoms with Crippen LogP contribution in [0.2, 0.25) is 0 Å². The average molecular weight is 251 g/mol. The molecule has 0 aliphatic rings. The SMILES string of the molecule is CC[C@@H](C)N(CCO)c1ncnc2ccsc12. The summed E-state index contributed by atoms with van der Waals surface area (Å²) in [4.78, 5) is 10.8. The van der Waals surface area contributed by atoms with E-state index in [-0.39, 0.29) is 6.61 Å². The Bertz CT molecular complexity index is 485. The topological polar surface area (TPSA) is 49.2 Å². The van der Waals surface area contributed by atoms with Crippen LogP contribution in [0.3, 0.4) is 0 Å². The van der Waals surface area contributed by atoms with Gasteiger partial charge in [-0.3, -0.25) is 0 Å². The van der Waals surface area contributed by atoms with Crippen molar-refractivity contribution in [2.45, 2.75) is 26.3 Å². The molecule has 0 aromatic carbocycles. The molecule has 1 N–H and O–H groups in total. The lowest BCUT2D eigenvalue weighted by molar-refractivity contribution is 0.297. The van der Waals surface area contributed by atoms with Gasteiger partial charge in [0.15, 0.2) is 0 Å². The van der Waals surface area contributed by atoms with Crippen molar-refractivity contribution in [1.82, 2.24) is 9.97 Å². The van der Waals surface area contributed by atoms with Crippen LogP contribution in [0.4, 0.5) is 5.82 Å². The lowest BCUT2D eigenvalue weighted by atomic mass is 10.2. The van der Waals surface area contributed by atoms with Gasteiger partial charge in [-0.2, -0.15) is 0 Å². The van der Waals surface area contributed by atoms with Crippen LogP contribution < -0.4 is 4.90 Å². The number of aliphatic hydroxyl groups is 1. The van der Waals surface area contributed by atoms with Gasteiger partial charge in [0.2, 0.25) is 0 Å². The summed E-state index contributed by atoms with van der Waals surface area (Å²) in [6.45, 7) is 5.04. The highest BCUT2D eigenvalue weighted by molar-refractivity contribution is 7.17. The van der Waals surface area contributed by atoms with Crippen LogP contribution >= 0.6 is 11.3 Å². The molecule has 0 unspecified atom stereocenters. The van der Waals surface area contributed by atoms with Crippen molar-refractivity contribution in [2.75, 3.05) is 18.1 Å². The second-order valence-electron chi connectivity index (χ2n) is 4.01. The first-order valence-corrected chi connectivity index (χ1v) is 6.71. The number of rotatable bonds is 5. The first-order valence-electron chi connectivity index (χ1n) is 5.83. The fraction of sp³-hybridized carbons (Fsp3) is 0.500. The zero-order chi connectivity index (χ0) is 12.3. The van der Waals surface area contributed by atoms with Crippen LogP contribution in [0, 0.1) is 0 Å². The molecule has 0 bridgehead atoms. The van der Waals surface area contributed by atoms with Crippen LogP contribution in [0.15, 0.2) is 17.8 Å². The molecule has 5 heteroatoms. The molecule has 0 radical (unpaired) electrons. The van der Waals surface area contributed by atoms with E-state index in [1.54, 1.807) is 17.7 Å². The van der Waals surface area contributed by atoms with Gasteiger partial charge in [0.05, 0.1) is 16.8 Å². The van der Waals surface area contributed by atoms with E-state index in [0.717, 1.165) is 22.5 Å². The minimum atomic E-state index is 0.140. The number of aliphatic hydroxyl groups excluding tert-OH is 1. The van der Waals surface area contributed by atoms with Crippen LogP contribution in [-0.2, 0) is 0 Å². The third kappa shape index (κ3) is 2.40. The van der Waals surface area contributed by atoms with E-state index in [1.807, 2.05) is 11.4 Å². The highest BCUT2D eigenvalue weighted by atomic mass is 32.1. The lowest BCUT2D eigenvalue weighted by Gasteiger charge is -2.29. The number of hydrogen-bond acceptors (Lipinski definition) is 5. The molecular weight excluding hydrogens is 234 g/mol. The van der Waals surface area contributed by atoms with Gasteiger partial charge in [0.1, 0.15) is 12.1 Å². The Labute approximate surface area is 105 Å². The Morgan fingerprint density at radius 3 is 3.00 bits per heavy atom. The smallest absolute Gasteiger partial charge is 0.150 e. The summed E-state index contributed by atoms with van der Waals surface area (Å²) in [7, 11) is 0. The number of thiophene rings is 1. The van der Waals surface area contributed by atoms with Crippen molar-refractivity contribution in [3.05, 3.63) is 17.8 Å². The van der Waals surface area contributed by atoms with Gasteiger partial charge in [0.25, 0.3) is 0 Å². The highest BCUT2D eigenvalue weighted by Crippen LogP contribution is 2.29. The molecule has 2 aromatic heterocycles. The van der Waals surface area contributed by atoms with Crippen LogP contribution in [0.1, 0.15) is 20.3 Å². The van der Waals surface area contributed by atoms with Gasteiger partial charge < -0.3 is 10.0 Å². The number of aromatic nitrogens is 2. The van der Waals surface area contributed by atoms with Crippen molar-refractivity contribution >= 4 is 27.4 Å². The second kappa shape index (κ2) is 5.42. The Morgan fingerprint density at radius 2 is 2.29 bits per heavy atom. The van der Waals surface area contributed by atoms with E-state index >= 15 is 0 Å². The molecule has 2 rings (SSSR count). The Hall–Kier alpha value is -1.20. The first-order chi connectivity index (χ1) is 8.27. The van der Waals surface area contributed by atoms with Crippen LogP contribution in [0.5, 0.6) is 0 Å². The summed E-state index contributed by atoms with van der Waals surface area (Å²) in [5.74, 6) is 0.938. The molecule has 92 valence electrons. The molecule has 17 heavy (non-hydrogen) atoms. The summed E-state index contributed by atoms with van der Waals surface area (Å²) in [6, 6.07) is 2.36. The molecule has 0 saturated carbocycles. The highest BCUT2D eigenvalue weighted by Gasteiger charge is 2.17. The number of anilines is 1. The van der Waals surface area contributed by atoms with Crippen molar-refractivity contribution < 1.29 is 5.11 Å². The van der Waals surface area contributed by atoms with Gasteiger partial charge >= 0.3 is 0 Å². The monoisotopic (exact) mass is 251 g/mol. The maximum Gasteiger partial charge on any atom is 0.150 e. The van der Waals surface area contributed by atoms with E-state index < -0.39 is 0 Å². The normalized spacial score (nSPS) is 12.9. The summed E-state index contributed by atoms with van der Waals surface area (Å²) in [6.07, 6.45) is 2.62. The predicted molar refractivity (Wildman–Crippen MR) is 71.6 cm³/mol. The second-order valence-corrected chi connectivity index (χ2v) is 4.92. The summed E-state index contributed by atoms with van der Waals surface area (Å²) >= 11 is 1.65. The average Bonchev–Trinajstić information content (AvgIpc) is 2.83. The molecule has 1 atom stereocenters. The fourth-order valence-corrected chi connectivity index (χ4v) is 2.69. The van der Waals surface area contributed by atoms with Gasteiger partial charge in [-0.05, 0) is 24.8 Å². The zero-order valence-corrected chi connectivity index (χ0v) is 10.9. The maximum absolute atomic E-state index is 9.18. The molecule has 4 nitrogen and oxygen atoms in total. The molecular formula is C12H17N3OS. The largest absolute Gasteiger partial charge is 0.395 e. The predicted octanol–water partition coefficient (Wildman–Crippen LogP) is 2.29. The van der Waals surface area contributed by atoms with Crippen molar-refractivity contribution in [2.24, 2.45) is 0 Å². The molecule has 2 aromatic rings. The number of hydrogen-bond donors (Lipinski definition) is 1. The van der Waals surface area contributed by atoms with Crippen molar-refractivity contribution in [3.8, 4) is 0 Å². The third-order valence-electron chi connectivity index (χ3n) is 2.96. The van der Waals surface area contributed by atoms with Gasteiger partial charge in [-0.15, -0.1) is 11.3 Å². The Kier molecular flexibility index (Phi) is 3.91. The molecule has 0 spiro atoms. The number of fused-ring (bicyclic) bond motifs is 1. The molecule has 0 aliphatic heterocycles. The minimum absolute atomic E-state index is 0.140. The molecule has 0 amide bonds. The van der Waals surface area contributed by atoms with Crippen molar-refractivity contribution in [3.63, 3.8) is 0 Å². The Morgan fingerprint density at radius 1 is 1.47 bits per heavy atom. The molecule has 2 heterocycles. The van der Waals surface area contributed by atoms with Crippen LogP contribution in [0.25, 0.3) is 10.2 Å².